The third-order valence-corrected chi connectivity index (χ3v) is 12.7. The van der Waals surface area contributed by atoms with E-state index in [1.165, 1.54) is 148 Å². The number of esters is 2. The number of aliphatic hydroxyl groups is 5. The van der Waals surface area contributed by atoms with Crippen molar-refractivity contribution in [3.05, 3.63) is 0 Å². The molecular weight excluding hydrogens is 791 g/mol. The van der Waals surface area contributed by atoms with Gasteiger partial charge in [0.05, 0.1) is 6.61 Å². The van der Waals surface area contributed by atoms with Gasteiger partial charge in [-0.1, -0.05) is 200 Å². The number of unbranched alkanes of at least 4 members (excludes halogenated alkanes) is 29. The number of carbonyl (C=O) groups is 2. The van der Waals surface area contributed by atoms with E-state index in [1.807, 2.05) is 0 Å². The largest absolute Gasteiger partial charge is 0.472 e. The number of phosphoric ester groups is 1. The smallest absolute Gasteiger partial charge is 0.462 e. The summed E-state index contributed by atoms with van der Waals surface area (Å²) in [6.07, 6.45) is 24.4. The van der Waals surface area contributed by atoms with Crippen LogP contribution < -0.4 is 0 Å². The molecule has 0 aliphatic heterocycles. The van der Waals surface area contributed by atoms with Crippen LogP contribution in [0.4, 0.5) is 0 Å². The first-order valence-electron chi connectivity index (χ1n) is 24.3. The molecule has 0 aromatic heterocycles. The Kier molecular flexibility index (Phi) is 35.3. The zero-order valence-electron chi connectivity index (χ0n) is 37.8. The number of rotatable bonds is 41. The van der Waals surface area contributed by atoms with Gasteiger partial charge in [-0.3, -0.25) is 18.6 Å². The third kappa shape index (κ3) is 29.3. The molecule has 0 heterocycles. The molecule has 0 aromatic rings. The van der Waals surface area contributed by atoms with E-state index in [4.69, 9.17) is 18.5 Å². The number of aliphatic hydroxyl groups excluding tert-OH is 5. The van der Waals surface area contributed by atoms with Gasteiger partial charge in [0.1, 0.15) is 43.2 Å². The van der Waals surface area contributed by atoms with E-state index in [9.17, 15) is 44.6 Å². The lowest BCUT2D eigenvalue weighted by atomic mass is 9.85. The van der Waals surface area contributed by atoms with E-state index >= 15 is 0 Å². The molecule has 0 amide bonds. The molecule has 8 atom stereocenters. The first-order chi connectivity index (χ1) is 28.9. The van der Waals surface area contributed by atoms with Gasteiger partial charge in [-0.05, 0) is 12.8 Å². The fourth-order valence-electron chi connectivity index (χ4n) is 7.76. The summed E-state index contributed by atoms with van der Waals surface area (Å²) in [5.74, 6) is -1.08. The van der Waals surface area contributed by atoms with Crippen molar-refractivity contribution in [1.82, 2.24) is 0 Å². The van der Waals surface area contributed by atoms with Gasteiger partial charge in [-0.2, -0.15) is 0 Å². The van der Waals surface area contributed by atoms with Crippen LogP contribution in [0.2, 0.25) is 0 Å². The van der Waals surface area contributed by atoms with E-state index in [0.717, 1.165) is 38.5 Å². The molecule has 0 spiro atoms. The van der Waals surface area contributed by atoms with Crippen molar-refractivity contribution in [2.24, 2.45) is 0 Å². The summed E-state index contributed by atoms with van der Waals surface area (Å²) in [7, 11) is -5.11. The summed E-state index contributed by atoms with van der Waals surface area (Å²) in [6.45, 7) is 3.32. The Bertz CT molecular complexity index is 1060. The van der Waals surface area contributed by atoms with Crippen LogP contribution in [0.25, 0.3) is 0 Å². The molecule has 1 fully saturated rings. The highest BCUT2D eigenvalue weighted by atomic mass is 31.2. The molecule has 1 aliphatic carbocycles. The Morgan fingerprint density at radius 2 is 0.750 bits per heavy atom. The van der Waals surface area contributed by atoms with Crippen LogP contribution in [0.5, 0.6) is 0 Å². The number of hydrogen-bond donors (Lipinski definition) is 6. The second-order valence-corrected chi connectivity index (χ2v) is 18.7. The monoisotopic (exact) mass is 881 g/mol. The lowest BCUT2D eigenvalue weighted by molar-refractivity contribution is -0.220. The summed E-state index contributed by atoms with van der Waals surface area (Å²) in [5, 5.41) is 50.1. The third-order valence-electron chi connectivity index (χ3n) is 11.7. The normalized spacial score (nSPS) is 22.1. The first kappa shape index (κ1) is 56.9. The SMILES string of the molecule is CCCCCCCCCCCCCCCCCCCCCC(=O)O[C@H](COC(=O)CCCCCCCCCCCCCC)COP(=O)(O)OC1C(O)C(O)C(O)[C@H](O)C1O. The Hall–Kier alpha value is -1.15. The van der Waals surface area contributed by atoms with Crippen LogP contribution in [-0.2, 0) is 32.7 Å². The minimum Gasteiger partial charge on any atom is -0.462 e. The number of ether oxygens (including phenoxy) is 2. The minimum atomic E-state index is -5.11. The molecule has 1 rings (SSSR count). The van der Waals surface area contributed by atoms with Crippen molar-refractivity contribution in [2.45, 2.75) is 268 Å². The molecule has 356 valence electrons. The molecule has 13 nitrogen and oxygen atoms in total. The van der Waals surface area contributed by atoms with Crippen molar-refractivity contribution >= 4 is 19.8 Å². The summed E-state index contributed by atoms with van der Waals surface area (Å²) in [4.78, 5) is 35.7. The molecule has 60 heavy (non-hydrogen) atoms. The van der Waals surface area contributed by atoms with Gasteiger partial charge in [0.2, 0.25) is 0 Å². The summed E-state index contributed by atoms with van der Waals surface area (Å²) in [6, 6.07) is 0. The fourth-order valence-corrected chi connectivity index (χ4v) is 8.73. The van der Waals surface area contributed by atoms with E-state index in [1.54, 1.807) is 0 Å². The second kappa shape index (κ2) is 37.2. The van der Waals surface area contributed by atoms with Crippen molar-refractivity contribution in [1.29, 1.82) is 0 Å². The van der Waals surface area contributed by atoms with Crippen molar-refractivity contribution < 1.29 is 63.1 Å². The highest BCUT2D eigenvalue weighted by Crippen LogP contribution is 2.47. The first-order valence-corrected chi connectivity index (χ1v) is 25.8. The topological polar surface area (TPSA) is 210 Å². The van der Waals surface area contributed by atoms with Crippen molar-refractivity contribution in [3.8, 4) is 0 Å². The van der Waals surface area contributed by atoms with Crippen LogP contribution in [0.1, 0.15) is 226 Å². The molecule has 0 bridgehead atoms. The molecule has 1 aliphatic rings. The highest BCUT2D eigenvalue weighted by Gasteiger charge is 2.51. The Morgan fingerprint density at radius 1 is 0.450 bits per heavy atom. The van der Waals surface area contributed by atoms with Crippen LogP contribution in [0.15, 0.2) is 0 Å². The molecule has 14 heteroatoms. The molecule has 6 N–H and O–H groups in total. The average Bonchev–Trinajstić information content (AvgIpc) is 3.23. The van der Waals surface area contributed by atoms with E-state index in [-0.39, 0.29) is 12.8 Å². The van der Waals surface area contributed by atoms with E-state index < -0.39 is 75.7 Å². The standard InChI is InChI=1S/C46H89O13P/c1-3-5-7-9-11-13-15-17-18-19-20-21-22-23-25-27-29-31-33-35-40(48)58-38(36-56-39(47)34-32-30-28-26-24-16-14-12-10-8-6-4-2)37-57-60(54,55)59-46-44(52)42(50)41(49)43(51)45(46)53/h38,41-46,49-53H,3-37H2,1-2H3,(H,54,55)/t38-,41?,42+,43?,44?,45?,46?/m1/s1. The second-order valence-electron chi connectivity index (χ2n) is 17.3. The quantitative estimate of drug-likeness (QED) is 0.0192. The molecule has 0 aromatic carbocycles. The van der Waals surface area contributed by atoms with Crippen LogP contribution >= 0.6 is 7.82 Å². The average molecular weight is 881 g/mol. The zero-order chi connectivity index (χ0) is 44.3. The molecule has 0 saturated heterocycles. The van der Waals surface area contributed by atoms with Gasteiger partial charge in [-0.25, -0.2) is 4.57 Å². The molecule has 1 saturated carbocycles. The van der Waals surface area contributed by atoms with Crippen molar-refractivity contribution in [2.75, 3.05) is 13.2 Å². The van der Waals surface area contributed by atoms with Gasteiger partial charge < -0.3 is 39.9 Å². The maximum absolute atomic E-state index is 12.8. The van der Waals surface area contributed by atoms with E-state index in [2.05, 4.69) is 13.8 Å². The Balaban J connectivity index is 2.40. The van der Waals surface area contributed by atoms with Gasteiger partial charge >= 0.3 is 19.8 Å². The molecule has 0 radical (unpaired) electrons. The highest BCUT2D eigenvalue weighted by molar-refractivity contribution is 7.47. The van der Waals surface area contributed by atoms with Gasteiger partial charge in [0.15, 0.2) is 6.10 Å². The maximum Gasteiger partial charge on any atom is 0.472 e. The maximum atomic E-state index is 12.8. The lowest BCUT2D eigenvalue weighted by Crippen LogP contribution is -2.64. The summed E-state index contributed by atoms with van der Waals surface area (Å²) in [5.41, 5.74) is 0. The fraction of sp³-hybridized carbons (Fsp3) is 0.957. The number of phosphoric acid groups is 1. The Morgan fingerprint density at radius 3 is 1.10 bits per heavy atom. The predicted octanol–water partition coefficient (Wildman–Crippen LogP) is 9.67. The number of hydrogen-bond acceptors (Lipinski definition) is 12. The van der Waals surface area contributed by atoms with Gasteiger partial charge in [0, 0.05) is 12.8 Å². The van der Waals surface area contributed by atoms with Crippen LogP contribution in [-0.4, -0.2) is 98.3 Å². The van der Waals surface area contributed by atoms with Gasteiger partial charge in [0.25, 0.3) is 0 Å². The molecule has 6 unspecified atom stereocenters. The zero-order valence-corrected chi connectivity index (χ0v) is 38.7. The summed E-state index contributed by atoms with van der Waals surface area (Å²) >= 11 is 0. The predicted molar refractivity (Wildman–Crippen MR) is 235 cm³/mol. The van der Waals surface area contributed by atoms with Gasteiger partial charge in [-0.15, -0.1) is 0 Å². The Labute approximate surface area is 363 Å². The van der Waals surface area contributed by atoms with Crippen LogP contribution in [0.3, 0.4) is 0 Å². The lowest BCUT2D eigenvalue weighted by Gasteiger charge is -2.41. The minimum absolute atomic E-state index is 0.105. The van der Waals surface area contributed by atoms with Crippen molar-refractivity contribution in [3.63, 3.8) is 0 Å². The van der Waals surface area contributed by atoms with E-state index in [0.29, 0.717) is 12.8 Å². The summed E-state index contributed by atoms with van der Waals surface area (Å²) < 4.78 is 33.6. The molecular formula is C46H89O13P. The number of carbonyl (C=O) groups excluding carboxylic acids is 2. The van der Waals surface area contributed by atoms with Crippen LogP contribution in [0, 0.1) is 0 Å².